The van der Waals surface area contributed by atoms with Gasteiger partial charge in [0, 0.05) is 20.1 Å². The number of methoxy groups -OCH3 is 2. The van der Waals surface area contributed by atoms with E-state index >= 15 is 0 Å². The minimum absolute atomic E-state index is 0.239. The number of hydrogen-bond donors (Lipinski definition) is 0. The fourth-order valence-electron chi connectivity index (χ4n) is 1.84. The summed E-state index contributed by atoms with van der Waals surface area (Å²) in [6, 6.07) is 7.17. The van der Waals surface area contributed by atoms with Crippen LogP contribution in [0.3, 0.4) is 0 Å². The van der Waals surface area contributed by atoms with E-state index in [0.29, 0.717) is 26.0 Å². The van der Waals surface area contributed by atoms with E-state index in [0.717, 1.165) is 0 Å². The van der Waals surface area contributed by atoms with Crippen molar-refractivity contribution < 1.29 is 18.7 Å². The number of ether oxygens (including phenoxy) is 2. The standard InChI is InChI=1S/C15H11Br2FO3/c1-20-13-6-10(12(17)7-14(13)21-2)15(19)9-5-8(18)3-4-11(9)16/h3-7H,1-2H3. The monoisotopic (exact) mass is 416 g/mol. The molecule has 21 heavy (non-hydrogen) atoms. The maximum absolute atomic E-state index is 13.4. The highest BCUT2D eigenvalue weighted by Crippen LogP contribution is 2.35. The molecule has 0 amide bonds. The number of hydrogen-bond acceptors (Lipinski definition) is 3. The van der Waals surface area contributed by atoms with Gasteiger partial charge < -0.3 is 9.47 Å². The van der Waals surface area contributed by atoms with Gasteiger partial charge in [-0.05, 0) is 46.3 Å². The van der Waals surface area contributed by atoms with Crippen LogP contribution in [0.5, 0.6) is 11.5 Å². The van der Waals surface area contributed by atoms with Crippen molar-refractivity contribution in [3.8, 4) is 11.5 Å². The van der Waals surface area contributed by atoms with Crippen molar-refractivity contribution in [1.82, 2.24) is 0 Å². The molecule has 2 rings (SSSR count). The van der Waals surface area contributed by atoms with Crippen LogP contribution in [0.2, 0.25) is 0 Å². The molecule has 3 nitrogen and oxygen atoms in total. The summed E-state index contributed by atoms with van der Waals surface area (Å²) in [4.78, 5) is 12.6. The van der Waals surface area contributed by atoms with Gasteiger partial charge in [-0.1, -0.05) is 15.9 Å². The fourth-order valence-corrected chi connectivity index (χ4v) is 2.77. The van der Waals surface area contributed by atoms with Crippen molar-refractivity contribution in [1.29, 1.82) is 0 Å². The van der Waals surface area contributed by atoms with Gasteiger partial charge in [-0.15, -0.1) is 0 Å². The van der Waals surface area contributed by atoms with Gasteiger partial charge in [0.15, 0.2) is 17.3 Å². The second kappa shape index (κ2) is 6.58. The molecule has 0 saturated carbocycles. The molecular weight excluding hydrogens is 407 g/mol. The van der Waals surface area contributed by atoms with Crippen molar-refractivity contribution in [2.24, 2.45) is 0 Å². The van der Waals surface area contributed by atoms with E-state index in [4.69, 9.17) is 9.47 Å². The number of benzene rings is 2. The highest BCUT2D eigenvalue weighted by molar-refractivity contribution is 9.11. The third-order valence-corrected chi connectivity index (χ3v) is 4.24. The first kappa shape index (κ1) is 16.0. The van der Waals surface area contributed by atoms with Crippen LogP contribution in [-0.4, -0.2) is 20.0 Å². The summed E-state index contributed by atoms with van der Waals surface area (Å²) >= 11 is 6.58. The van der Waals surface area contributed by atoms with Crippen LogP contribution in [0.15, 0.2) is 39.3 Å². The number of carbonyl (C=O) groups excluding carboxylic acids is 1. The molecule has 2 aromatic carbocycles. The van der Waals surface area contributed by atoms with Gasteiger partial charge in [0.2, 0.25) is 0 Å². The lowest BCUT2D eigenvalue weighted by Crippen LogP contribution is -2.05. The summed E-state index contributed by atoms with van der Waals surface area (Å²) in [5, 5.41) is 0. The quantitative estimate of drug-likeness (QED) is 0.682. The van der Waals surface area contributed by atoms with E-state index in [1.165, 1.54) is 32.4 Å². The van der Waals surface area contributed by atoms with E-state index in [2.05, 4.69) is 31.9 Å². The summed E-state index contributed by atoms with van der Waals surface area (Å²) in [5.74, 6) is 0.128. The molecule has 0 aromatic heterocycles. The molecule has 0 N–H and O–H groups in total. The minimum Gasteiger partial charge on any atom is -0.493 e. The Morgan fingerprint density at radius 1 is 0.952 bits per heavy atom. The Balaban J connectivity index is 2.55. The van der Waals surface area contributed by atoms with Crippen LogP contribution < -0.4 is 9.47 Å². The van der Waals surface area contributed by atoms with E-state index < -0.39 is 5.82 Å². The van der Waals surface area contributed by atoms with Gasteiger partial charge in [-0.2, -0.15) is 0 Å². The molecule has 0 aliphatic carbocycles. The van der Waals surface area contributed by atoms with Gasteiger partial charge in [0.1, 0.15) is 5.82 Å². The third kappa shape index (κ3) is 3.27. The number of halogens is 3. The molecule has 0 aliphatic rings. The van der Waals surface area contributed by atoms with E-state index in [-0.39, 0.29) is 11.3 Å². The number of carbonyl (C=O) groups is 1. The average Bonchev–Trinajstić information content (AvgIpc) is 2.48. The largest absolute Gasteiger partial charge is 0.493 e. The normalized spacial score (nSPS) is 10.3. The van der Waals surface area contributed by atoms with E-state index in [9.17, 15) is 9.18 Å². The average molecular weight is 418 g/mol. The maximum Gasteiger partial charge on any atom is 0.195 e. The Kier molecular flexibility index (Phi) is 5.00. The lowest BCUT2D eigenvalue weighted by atomic mass is 10.0. The van der Waals surface area contributed by atoms with Gasteiger partial charge in [0.05, 0.1) is 14.2 Å². The van der Waals surface area contributed by atoms with Gasteiger partial charge in [-0.3, -0.25) is 4.79 Å². The fraction of sp³-hybridized carbons (Fsp3) is 0.133. The molecular formula is C15H11Br2FO3. The van der Waals surface area contributed by atoms with Crippen molar-refractivity contribution >= 4 is 37.6 Å². The predicted octanol–water partition coefficient (Wildman–Crippen LogP) is 4.60. The Bertz CT molecular complexity index is 702. The summed E-state index contributed by atoms with van der Waals surface area (Å²) in [5.41, 5.74) is 0.599. The molecule has 0 aliphatic heterocycles. The topological polar surface area (TPSA) is 35.5 Å². The Hall–Kier alpha value is -1.40. The molecule has 0 unspecified atom stereocenters. The maximum atomic E-state index is 13.4. The zero-order valence-electron chi connectivity index (χ0n) is 11.2. The van der Waals surface area contributed by atoms with Crippen LogP contribution >= 0.6 is 31.9 Å². The molecule has 0 saturated heterocycles. The second-order valence-electron chi connectivity index (χ2n) is 4.14. The van der Waals surface area contributed by atoms with E-state index in [1.807, 2.05) is 0 Å². The molecule has 0 fully saturated rings. The lowest BCUT2D eigenvalue weighted by Gasteiger charge is -2.12. The predicted molar refractivity (Wildman–Crippen MR) is 84.8 cm³/mol. The molecule has 110 valence electrons. The van der Waals surface area contributed by atoms with Gasteiger partial charge >= 0.3 is 0 Å². The first-order valence-corrected chi connectivity index (χ1v) is 7.47. The highest BCUT2D eigenvalue weighted by atomic mass is 79.9. The van der Waals surface area contributed by atoms with Crippen molar-refractivity contribution in [3.63, 3.8) is 0 Å². The molecule has 2 aromatic rings. The summed E-state index contributed by atoms with van der Waals surface area (Å²) < 4.78 is 24.8. The molecule has 0 radical (unpaired) electrons. The Morgan fingerprint density at radius 3 is 2.14 bits per heavy atom. The van der Waals surface area contributed by atoms with Crippen molar-refractivity contribution in [3.05, 3.63) is 56.2 Å². The zero-order valence-corrected chi connectivity index (χ0v) is 14.4. The first-order chi connectivity index (χ1) is 9.97. The zero-order chi connectivity index (χ0) is 15.6. The van der Waals surface area contributed by atoms with Gasteiger partial charge in [-0.25, -0.2) is 4.39 Å². The van der Waals surface area contributed by atoms with Crippen molar-refractivity contribution in [2.45, 2.75) is 0 Å². The Labute approximate surface area is 138 Å². The number of ketones is 1. The van der Waals surface area contributed by atoms with E-state index in [1.54, 1.807) is 12.1 Å². The SMILES string of the molecule is COc1cc(Br)c(C(=O)c2cc(F)ccc2Br)cc1OC. The van der Waals surface area contributed by atoms with Gasteiger partial charge in [0.25, 0.3) is 0 Å². The molecule has 6 heteroatoms. The lowest BCUT2D eigenvalue weighted by molar-refractivity contribution is 0.103. The summed E-state index contributed by atoms with van der Waals surface area (Å²) in [6.45, 7) is 0. The van der Waals surface area contributed by atoms with Crippen LogP contribution in [0.1, 0.15) is 15.9 Å². The molecule has 0 bridgehead atoms. The molecule has 0 atom stereocenters. The van der Waals surface area contributed by atoms with Crippen molar-refractivity contribution in [2.75, 3.05) is 14.2 Å². The molecule has 0 heterocycles. The summed E-state index contributed by atoms with van der Waals surface area (Å²) in [6.07, 6.45) is 0. The highest BCUT2D eigenvalue weighted by Gasteiger charge is 2.19. The summed E-state index contributed by atoms with van der Waals surface area (Å²) in [7, 11) is 2.99. The Morgan fingerprint density at radius 2 is 1.52 bits per heavy atom. The number of rotatable bonds is 4. The van der Waals surface area contributed by atoms with Crippen LogP contribution in [0.25, 0.3) is 0 Å². The van der Waals surface area contributed by atoms with Crippen LogP contribution in [0.4, 0.5) is 4.39 Å². The van der Waals surface area contributed by atoms with Crippen LogP contribution in [0, 0.1) is 5.82 Å². The molecule has 0 spiro atoms. The first-order valence-electron chi connectivity index (χ1n) is 5.89. The third-order valence-electron chi connectivity index (χ3n) is 2.89. The smallest absolute Gasteiger partial charge is 0.195 e. The minimum atomic E-state index is -0.474. The second-order valence-corrected chi connectivity index (χ2v) is 5.85. The van der Waals surface area contributed by atoms with Crippen LogP contribution in [-0.2, 0) is 0 Å².